The van der Waals surface area contributed by atoms with Crippen molar-refractivity contribution in [2.45, 2.75) is 13.0 Å². The monoisotopic (exact) mass is 510 g/mol. The molecule has 182 valence electrons. The van der Waals surface area contributed by atoms with Crippen molar-refractivity contribution in [1.82, 2.24) is 24.5 Å². The Balaban J connectivity index is 1.65. The summed E-state index contributed by atoms with van der Waals surface area (Å²) in [5.74, 6) is -0.818. The summed E-state index contributed by atoms with van der Waals surface area (Å²) in [7, 11) is 0. The van der Waals surface area contributed by atoms with E-state index in [-0.39, 0.29) is 36.7 Å². The van der Waals surface area contributed by atoms with Crippen LogP contribution < -0.4 is 0 Å². The molecule has 0 saturated heterocycles. The van der Waals surface area contributed by atoms with Gasteiger partial charge >= 0.3 is 0 Å². The lowest BCUT2D eigenvalue weighted by molar-refractivity contribution is 0.0737. The molecule has 0 unspecified atom stereocenters. The molecule has 0 atom stereocenters. The highest BCUT2D eigenvalue weighted by Gasteiger charge is 2.23. The van der Waals surface area contributed by atoms with Gasteiger partial charge in [0.15, 0.2) is 5.65 Å². The van der Waals surface area contributed by atoms with Gasteiger partial charge < -0.3 is 4.90 Å². The van der Waals surface area contributed by atoms with Gasteiger partial charge in [-0.15, -0.1) is 0 Å². The summed E-state index contributed by atoms with van der Waals surface area (Å²) in [6, 6.07) is 22.4. The Morgan fingerprint density at radius 1 is 1.05 bits per heavy atom. The summed E-state index contributed by atoms with van der Waals surface area (Å²) >= 11 is 6.04. The summed E-state index contributed by atoms with van der Waals surface area (Å²) < 4.78 is 16.2. The number of amides is 1. The van der Waals surface area contributed by atoms with Crippen LogP contribution in [0.25, 0.3) is 28.2 Å². The first kappa shape index (κ1) is 24.1. The molecule has 0 spiro atoms. The van der Waals surface area contributed by atoms with E-state index < -0.39 is 5.82 Å². The minimum absolute atomic E-state index is 0.148. The van der Waals surface area contributed by atoms with Gasteiger partial charge in [-0.1, -0.05) is 41.9 Å². The van der Waals surface area contributed by atoms with Gasteiger partial charge in [0.2, 0.25) is 0 Å². The standard InChI is InChI=1S/C28H20ClFN6O/c29-21-10-8-20(9-11-21)24-16-27-33-25(22-6-1-2-7-23(22)30)15-26(36(27)34-24)28(37)35(14-4-12-31)18-19-5-3-13-32-17-19/h1-3,5-11,13,15-17H,4,14,18H2. The average Bonchev–Trinajstić information content (AvgIpc) is 3.35. The van der Waals surface area contributed by atoms with Crippen LogP contribution in [0.2, 0.25) is 5.02 Å². The molecule has 0 bridgehead atoms. The summed E-state index contributed by atoms with van der Waals surface area (Å²) in [5.41, 5.74) is 3.34. The van der Waals surface area contributed by atoms with Gasteiger partial charge in [-0.25, -0.2) is 13.9 Å². The van der Waals surface area contributed by atoms with Crippen LogP contribution in [0.15, 0.2) is 85.2 Å². The zero-order valence-corrected chi connectivity index (χ0v) is 20.3. The zero-order chi connectivity index (χ0) is 25.8. The topological polar surface area (TPSA) is 87.2 Å². The van der Waals surface area contributed by atoms with Gasteiger partial charge in [0.1, 0.15) is 11.5 Å². The maximum Gasteiger partial charge on any atom is 0.273 e. The molecule has 2 aromatic carbocycles. The van der Waals surface area contributed by atoms with Crippen molar-refractivity contribution in [3.63, 3.8) is 0 Å². The fourth-order valence-electron chi connectivity index (χ4n) is 4.01. The molecule has 5 aromatic rings. The van der Waals surface area contributed by atoms with Crippen LogP contribution >= 0.6 is 11.6 Å². The maximum absolute atomic E-state index is 14.7. The molecule has 7 nitrogen and oxygen atoms in total. The van der Waals surface area contributed by atoms with Crippen LogP contribution in [0, 0.1) is 17.1 Å². The lowest BCUT2D eigenvalue weighted by Crippen LogP contribution is -2.33. The summed E-state index contributed by atoms with van der Waals surface area (Å²) in [5, 5.41) is 14.4. The van der Waals surface area contributed by atoms with E-state index in [0.717, 1.165) is 11.1 Å². The van der Waals surface area contributed by atoms with Crippen molar-refractivity contribution in [1.29, 1.82) is 5.26 Å². The third-order valence-corrected chi connectivity index (χ3v) is 6.07. The first-order valence-electron chi connectivity index (χ1n) is 11.5. The minimum Gasteiger partial charge on any atom is -0.332 e. The molecule has 0 saturated carbocycles. The number of carbonyl (C=O) groups is 1. The Hall–Kier alpha value is -4.61. The molecular weight excluding hydrogens is 491 g/mol. The van der Waals surface area contributed by atoms with Gasteiger partial charge in [-0.3, -0.25) is 9.78 Å². The molecule has 9 heteroatoms. The Bertz CT molecular complexity index is 1610. The molecule has 0 N–H and O–H groups in total. The molecule has 5 rings (SSSR count). The number of benzene rings is 2. The summed E-state index contributed by atoms with van der Waals surface area (Å²) in [6.45, 7) is 0.451. The average molecular weight is 511 g/mol. The van der Waals surface area contributed by atoms with Gasteiger partial charge in [0, 0.05) is 47.7 Å². The second-order valence-corrected chi connectivity index (χ2v) is 8.75. The Morgan fingerprint density at radius 3 is 2.59 bits per heavy atom. The van der Waals surface area contributed by atoms with Gasteiger partial charge in [-0.2, -0.15) is 10.4 Å². The Kier molecular flexibility index (Phi) is 6.88. The molecular formula is C28H20ClFN6O. The fraction of sp³-hybridized carbons (Fsp3) is 0.107. The van der Waals surface area contributed by atoms with E-state index >= 15 is 0 Å². The van der Waals surface area contributed by atoms with Crippen molar-refractivity contribution in [2.24, 2.45) is 0 Å². The SMILES string of the molecule is N#CCCN(Cc1cccnc1)C(=O)c1cc(-c2ccccc2F)nc2cc(-c3ccc(Cl)cc3)nn12. The van der Waals surface area contributed by atoms with Crippen molar-refractivity contribution < 1.29 is 9.18 Å². The number of hydrogen-bond donors (Lipinski definition) is 0. The number of nitriles is 1. The molecule has 37 heavy (non-hydrogen) atoms. The smallest absolute Gasteiger partial charge is 0.273 e. The van der Waals surface area contributed by atoms with E-state index in [1.165, 1.54) is 16.6 Å². The number of hydrogen-bond acceptors (Lipinski definition) is 5. The molecule has 0 aliphatic rings. The zero-order valence-electron chi connectivity index (χ0n) is 19.6. The van der Waals surface area contributed by atoms with Crippen LogP contribution in [0.3, 0.4) is 0 Å². The van der Waals surface area contributed by atoms with E-state index in [9.17, 15) is 14.4 Å². The van der Waals surface area contributed by atoms with E-state index in [1.54, 1.807) is 59.8 Å². The van der Waals surface area contributed by atoms with Crippen molar-refractivity contribution in [3.05, 3.63) is 107 Å². The number of fused-ring (bicyclic) bond motifs is 1. The van der Waals surface area contributed by atoms with Crippen molar-refractivity contribution in [2.75, 3.05) is 6.54 Å². The molecule has 0 aliphatic heterocycles. The number of pyridine rings is 1. The predicted molar refractivity (Wildman–Crippen MR) is 138 cm³/mol. The van der Waals surface area contributed by atoms with E-state index in [1.807, 2.05) is 18.2 Å². The van der Waals surface area contributed by atoms with Crippen molar-refractivity contribution >= 4 is 23.2 Å². The van der Waals surface area contributed by atoms with Crippen LogP contribution in [0.4, 0.5) is 4.39 Å². The predicted octanol–water partition coefficient (Wildman–Crippen LogP) is 5.81. The first-order chi connectivity index (χ1) is 18.0. The Labute approximate surface area is 217 Å². The van der Waals surface area contributed by atoms with E-state index in [0.29, 0.717) is 22.1 Å². The quantitative estimate of drug-likeness (QED) is 0.276. The first-order valence-corrected chi connectivity index (χ1v) is 11.9. The fourth-order valence-corrected chi connectivity index (χ4v) is 4.13. The maximum atomic E-state index is 14.7. The highest BCUT2D eigenvalue weighted by molar-refractivity contribution is 6.30. The number of aromatic nitrogens is 4. The number of nitrogens with zero attached hydrogens (tertiary/aromatic N) is 6. The number of halogens is 2. The largest absolute Gasteiger partial charge is 0.332 e. The second kappa shape index (κ2) is 10.6. The molecule has 0 fully saturated rings. The highest BCUT2D eigenvalue weighted by Crippen LogP contribution is 2.27. The van der Waals surface area contributed by atoms with Crippen molar-refractivity contribution in [3.8, 4) is 28.6 Å². The van der Waals surface area contributed by atoms with Gasteiger partial charge in [0.25, 0.3) is 5.91 Å². The molecule has 0 radical (unpaired) electrons. The summed E-state index contributed by atoms with van der Waals surface area (Å²) in [6.07, 6.45) is 3.47. The number of carbonyl (C=O) groups excluding carboxylic acids is 1. The molecule has 0 aliphatic carbocycles. The van der Waals surface area contributed by atoms with Crippen LogP contribution in [0.1, 0.15) is 22.5 Å². The van der Waals surface area contributed by atoms with E-state index in [2.05, 4.69) is 21.1 Å². The van der Waals surface area contributed by atoms with E-state index in [4.69, 9.17) is 11.6 Å². The molecule has 3 heterocycles. The highest BCUT2D eigenvalue weighted by atomic mass is 35.5. The van der Waals surface area contributed by atoms with Crippen LogP contribution in [0.5, 0.6) is 0 Å². The van der Waals surface area contributed by atoms with Crippen LogP contribution in [-0.4, -0.2) is 36.9 Å². The second-order valence-electron chi connectivity index (χ2n) is 8.31. The third kappa shape index (κ3) is 5.17. The Morgan fingerprint density at radius 2 is 1.86 bits per heavy atom. The minimum atomic E-state index is -0.452. The van der Waals surface area contributed by atoms with Gasteiger partial charge in [-0.05, 0) is 42.0 Å². The lowest BCUT2D eigenvalue weighted by Gasteiger charge is -2.22. The third-order valence-electron chi connectivity index (χ3n) is 5.81. The lowest BCUT2D eigenvalue weighted by atomic mass is 10.1. The van der Waals surface area contributed by atoms with Gasteiger partial charge in [0.05, 0.1) is 23.9 Å². The summed E-state index contributed by atoms with van der Waals surface area (Å²) in [4.78, 5) is 24.2. The number of rotatable bonds is 7. The normalized spacial score (nSPS) is 10.8. The molecule has 3 aromatic heterocycles. The van der Waals surface area contributed by atoms with Crippen LogP contribution in [-0.2, 0) is 6.54 Å². The molecule has 1 amide bonds.